The highest BCUT2D eigenvalue weighted by Crippen LogP contribution is 2.32. The van der Waals surface area contributed by atoms with Gasteiger partial charge in [0.05, 0.1) is 11.4 Å². The molecule has 5 nitrogen and oxygen atoms in total. The third kappa shape index (κ3) is 2.60. The molecule has 0 spiro atoms. The minimum Gasteiger partial charge on any atom is -0.369 e. The highest BCUT2D eigenvalue weighted by Gasteiger charge is 2.30. The van der Waals surface area contributed by atoms with Gasteiger partial charge in [-0.3, -0.25) is 4.79 Å². The summed E-state index contributed by atoms with van der Waals surface area (Å²) in [6.07, 6.45) is 3.36. The van der Waals surface area contributed by atoms with Gasteiger partial charge in [0, 0.05) is 22.4 Å². The molecule has 1 aliphatic rings. The van der Waals surface area contributed by atoms with E-state index in [0.29, 0.717) is 12.6 Å². The lowest BCUT2D eigenvalue weighted by molar-refractivity contribution is -0.122. The van der Waals surface area contributed by atoms with Gasteiger partial charge in [0.1, 0.15) is 12.1 Å². The zero-order chi connectivity index (χ0) is 15.0. The Morgan fingerprint density at radius 3 is 2.95 bits per heavy atom. The molecule has 1 aliphatic heterocycles. The average Bonchev–Trinajstić information content (AvgIpc) is 2.47. The standard InChI is InChI=1S/C15H17BrN4O/c1-9-5-6-10(14(17)21)7-20(9)15-11-3-2-4-12(16)13(11)18-8-19-15/h2-4,8-10H,5-7H2,1H3,(H2,17,21). The quantitative estimate of drug-likeness (QED) is 0.904. The average molecular weight is 349 g/mol. The van der Waals surface area contributed by atoms with Crippen molar-refractivity contribution in [2.45, 2.75) is 25.8 Å². The van der Waals surface area contributed by atoms with E-state index in [1.165, 1.54) is 0 Å². The molecule has 2 unspecified atom stereocenters. The van der Waals surface area contributed by atoms with Crippen molar-refractivity contribution >= 4 is 38.6 Å². The van der Waals surface area contributed by atoms with Crippen molar-refractivity contribution in [1.82, 2.24) is 9.97 Å². The summed E-state index contributed by atoms with van der Waals surface area (Å²) in [5, 5.41) is 0.990. The first-order valence-corrected chi connectivity index (χ1v) is 7.82. The molecule has 1 amide bonds. The first-order valence-electron chi connectivity index (χ1n) is 7.03. The number of amides is 1. The summed E-state index contributed by atoms with van der Waals surface area (Å²) < 4.78 is 0.944. The molecule has 0 aliphatic carbocycles. The molecule has 110 valence electrons. The van der Waals surface area contributed by atoms with Crippen LogP contribution < -0.4 is 10.6 Å². The number of rotatable bonds is 2. The summed E-state index contributed by atoms with van der Waals surface area (Å²) in [7, 11) is 0. The van der Waals surface area contributed by atoms with Gasteiger partial charge in [-0.25, -0.2) is 9.97 Å². The summed E-state index contributed by atoms with van der Waals surface area (Å²) in [4.78, 5) is 22.5. The second-order valence-electron chi connectivity index (χ2n) is 5.51. The predicted octanol–water partition coefficient (Wildman–Crippen LogP) is 2.48. The van der Waals surface area contributed by atoms with Crippen LogP contribution in [0.5, 0.6) is 0 Å². The minimum absolute atomic E-state index is 0.113. The highest BCUT2D eigenvalue weighted by molar-refractivity contribution is 9.10. The number of hydrogen-bond donors (Lipinski definition) is 1. The van der Waals surface area contributed by atoms with Crippen molar-refractivity contribution in [3.8, 4) is 0 Å². The van der Waals surface area contributed by atoms with Crippen molar-refractivity contribution in [1.29, 1.82) is 0 Å². The van der Waals surface area contributed by atoms with E-state index >= 15 is 0 Å². The molecule has 1 fully saturated rings. The number of primary amides is 1. The molecule has 1 aromatic heterocycles. The van der Waals surface area contributed by atoms with E-state index in [0.717, 1.165) is 34.0 Å². The van der Waals surface area contributed by atoms with Crippen molar-refractivity contribution < 1.29 is 4.79 Å². The second-order valence-corrected chi connectivity index (χ2v) is 6.37. The molecular formula is C15H17BrN4O. The Labute approximate surface area is 131 Å². The van der Waals surface area contributed by atoms with Crippen molar-refractivity contribution in [2.24, 2.45) is 11.7 Å². The van der Waals surface area contributed by atoms with Crippen LogP contribution in [0.15, 0.2) is 29.0 Å². The van der Waals surface area contributed by atoms with E-state index in [1.807, 2.05) is 18.2 Å². The number of piperidine rings is 1. The number of benzene rings is 1. The SMILES string of the molecule is CC1CCC(C(N)=O)CN1c1ncnc2c(Br)cccc12. The van der Waals surface area contributed by atoms with Crippen LogP contribution in [0, 0.1) is 5.92 Å². The van der Waals surface area contributed by atoms with Gasteiger partial charge in [-0.15, -0.1) is 0 Å². The van der Waals surface area contributed by atoms with Gasteiger partial charge in [-0.1, -0.05) is 6.07 Å². The second kappa shape index (κ2) is 5.60. The minimum atomic E-state index is -0.230. The van der Waals surface area contributed by atoms with Crippen LogP contribution in [-0.4, -0.2) is 28.5 Å². The van der Waals surface area contributed by atoms with Crippen LogP contribution in [0.1, 0.15) is 19.8 Å². The van der Waals surface area contributed by atoms with Crippen molar-refractivity contribution in [3.05, 3.63) is 29.0 Å². The summed E-state index contributed by atoms with van der Waals surface area (Å²) in [6, 6.07) is 6.28. The maximum absolute atomic E-state index is 11.5. The van der Waals surface area contributed by atoms with E-state index in [-0.39, 0.29) is 11.8 Å². The smallest absolute Gasteiger partial charge is 0.222 e. The first kappa shape index (κ1) is 14.3. The van der Waals surface area contributed by atoms with E-state index in [9.17, 15) is 4.79 Å². The predicted molar refractivity (Wildman–Crippen MR) is 86.0 cm³/mol. The molecule has 2 aromatic rings. The van der Waals surface area contributed by atoms with Crippen LogP contribution in [-0.2, 0) is 4.79 Å². The Balaban J connectivity index is 2.06. The first-order chi connectivity index (χ1) is 10.1. The van der Waals surface area contributed by atoms with Crippen molar-refractivity contribution in [3.63, 3.8) is 0 Å². The van der Waals surface area contributed by atoms with Gasteiger partial charge >= 0.3 is 0 Å². The molecule has 6 heteroatoms. The topological polar surface area (TPSA) is 72.1 Å². The van der Waals surface area contributed by atoms with Crippen molar-refractivity contribution in [2.75, 3.05) is 11.4 Å². The summed E-state index contributed by atoms with van der Waals surface area (Å²) >= 11 is 3.52. The van der Waals surface area contributed by atoms with Gasteiger partial charge in [0.25, 0.3) is 0 Å². The summed E-state index contributed by atoms with van der Waals surface area (Å²) in [5.74, 6) is 0.532. The molecule has 2 N–H and O–H groups in total. The third-order valence-electron chi connectivity index (χ3n) is 4.15. The number of anilines is 1. The van der Waals surface area contributed by atoms with Gasteiger partial charge in [0.2, 0.25) is 5.91 Å². The zero-order valence-corrected chi connectivity index (χ0v) is 13.4. The Kier molecular flexibility index (Phi) is 3.80. The number of hydrogen-bond acceptors (Lipinski definition) is 4. The van der Waals surface area contributed by atoms with E-state index in [4.69, 9.17) is 5.73 Å². The van der Waals surface area contributed by atoms with E-state index in [2.05, 4.69) is 37.7 Å². The number of aromatic nitrogens is 2. The molecular weight excluding hydrogens is 332 g/mol. The Morgan fingerprint density at radius 2 is 2.19 bits per heavy atom. The largest absolute Gasteiger partial charge is 0.369 e. The van der Waals surface area contributed by atoms with Gasteiger partial charge in [-0.05, 0) is 47.8 Å². The third-order valence-corrected chi connectivity index (χ3v) is 4.79. The number of halogens is 1. The molecule has 21 heavy (non-hydrogen) atoms. The number of nitrogens with zero attached hydrogens (tertiary/aromatic N) is 3. The van der Waals surface area contributed by atoms with E-state index < -0.39 is 0 Å². The molecule has 1 saturated heterocycles. The monoisotopic (exact) mass is 348 g/mol. The highest BCUT2D eigenvalue weighted by atomic mass is 79.9. The Bertz CT molecular complexity index is 690. The molecule has 0 saturated carbocycles. The van der Waals surface area contributed by atoms with Crippen LogP contribution in [0.4, 0.5) is 5.82 Å². The fourth-order valence-corrected chi connectivity index (χ4v) is 3.37. The maximum atomic E-state index is 11.5. The van der Waals surface area contributed by atoms with Gasteiger partial charge in [0.15, 0.2) is 0 Å². The number of para-hydroxylation sites is 1. The van der Waals surface area contributed by atoms with Gasteiger partial charge < -0.3 is 10.6 Å². The lowest BCUT2D eigenvalue weighted by Gasteiger charge is -2.38. The Morgan fingerprint density at radius 1 is 1.38 bits per heavy atom. The number of fused-ring (bicyclic) bond motifs is 1. The molecule has 3 rings (SSSR count). The Hall–Kier alpha value is -1.69. The maximum Gasteiger partial charge on any atom is 0.222 e. The molecule has 0 radical (unpaired) electrons. The lowest BCUT2D eigenvalue weighted by Crippen LogP contribution is -2.46. The van der Waals surface area contributed by atoms with Crippen LogP contribution in [0.3, 0.4) is 0 Å². The molecule has 2 atom stereocenters. The lowest BCUT2D eigenvalue weighted by atomic mass is 9.92. The number of nitrogens with two attached hydrogens (primary N) is 1. The normalized spacial score (nSPS) is 22.5. The van der Waals surface area contributed by atoms with Crippen LogP contribution in [0.2, 0.25) is 0 Å². The number of carbonyl (C=O) groups is 1. The summed E-state index contributed by atoms with van der Waals surface area (Å²) in [5.41, 5.74) is 6.37. The molecule has 2 heterocycles. The van der Waals surface area contributed by atoms with Crippen LogP contribution in [0.25, 0.3) is 10.9 Å². The van der Waals surface area contributed by atoms with E-state index in [1.54, 1.807) is 6.33 Å². The van der Waals surface area contributed by atoms with Gasteiger partial charge in [-0.2, -0.15) is 0 Å². The molecule has 1 aromatic carbocycles. The van der Waals surface area contributed by atoms with Crippen LogP contribution >= 0.6 is 15.9 Å². The fraction of sp³-hybridized carbons (Fsp3) is 0.400. The fourth-order valence-electron chi connectivity index (χ4n) is 2.90. The number of carbonyl (C=O) groups excluding carboxylic acids is 1. The summed E-state index contributed by atoms with van der Waals surface area (Å²) in [6.45, 7) is 2.78. The zero-order valence-electron chi connectivity index (χ0n) is 11.8. The molecule has 0 bridgehead atoms.